The predicted molar refractivity (Wildman–Crippen MR) is 334 cm³/mol. The number of esters is 2. The number of rotatable bonds is 29. The molecule has 23 atom stereocenters. The number of aliphatic hydroxyl groups excluding tert-OH is 23. The standard InChI is InChI=1S/C8H8O4.C7H8O4.C6H10O8.C6H8O7.C6H12O7.C6H8O7.C6H10O6.C6H12O6.C6H10O6/c1-5(9)6-3-4-7(12-6)8(10)11-2;1-10-7(9)6-3-2-5(4-8)11-6;7-1(3(9)5(11)12)2(8)4(10)6(13)14;7-2-1-6(12,5(10)11)13-3(2)4(8)9;7-1-2(8)3(9)4(10)5(11)6(12)13;7-2(4(9)6(12)13)1-3(8)5(10)11;7-2-4-3(8)1-6(11,12-4)5(9)10;7-1-2-3(8)4(9)5(10)6(11)12-2;7-2-5(10)3(8)1-4(9)6(11)12/h3-4H,1-2H3;2-3,8H,4H2,1H3;1-4,7-10H,(H,11,12)(H,13,14);2-3,7,12H,1H2,(H,8,9)(H,10,11);2-5,7-11H,1H2,(H,12,13);2,4,7,9H,1H2,(H,10,11)(H,12,13);3-4,7-8,11H,1-2H2,(H,9,10);2-11H,1H2;3,5,7-8,10H,1-2H2,(H,11,12)/t;;1-,2-,3-,4+;2-,3?,6?;2-,3+,4-,5-;2-,4-;3-,4?,6?;2?,3-,4+,5-,6?;3-,5-/m..0100110/s1. The molecule has 3 aliphatic rings. The molecule has 0 bridgehead atoms. The second kappa shape index (κ2) is 52.8. The first kappa shape index (κ1) is 109. The summed E-state index contributed by atoms with van der Waals surface area (Å²) in [6.07, 6.45) is -39.3. The van der Waals surface area contributed by atoms with Crippen LogP contribution in [0.2, 0.25) is 0 Å². The maximum absolute atomic E-state index is 10.8. The molecule has 0 amide bonds. The third-order valence-corrected chi connectivity index (χ3v) is 13.4. The number of hydrogen-bond donors (Lipinski definition) is 34. The second-order valence-corrected chi connectivity index (χ2v) is 21.9. The summed E-state index contributed by atoms with van der Waals surface area (Å²) in [5.41, 5.74) is 0. The lowest BCUT2D eigenvalue weighted by Gasteiger charge is -2.37. The van der Waals surface area contributed by atoms with E-state index in [0.29, 0.717) is 5.76 Å². The zero-order chi connectivity index (χ0) is 88.7. The monoisotopic (exact) mass is 1650 g/mol. The third-order valence-electron chi connectivity index (χ3n) is 13.4. The van der Waals surface area contributed by atoms with Crippen LogP contribution in [-0.4, -0.2) is 437 Å². The van der Waals surface area contributed by atoms with E-state index in [1.807, 2.05) is 0 Å². The minimum absolute atomic E-state index is 0.0442. The van der Waals surface area contributed by atoms with Gasteiger partial charge in [0.2, 0.25) is 23.1 Å². The summed E-state index contributed by atoms with van der Waals surface area (Å²) in [5.74, 6) is -23.5. The lowest BCUT2D eigenvalue weighted by atomic mass is 10.00. The van der Waals surface area contributed by atoms with Crippen LogP contribution in [0.15, 0.2) is 33.1 Å². The average molecular weight is 1650 g/mol. The number of carbonyl (C=O) groups excluding carboxylic acids is 5. The Morgan fingerprint density at radius 3 is 1.10 bits per heavy atom. The van der Waals surface area contributed by atoms with Crippen molar-refractivity contribution in [3.05, 3.63) is 47.3 Å². The molecule has 0 saturated carbocycles. The molecule has 112 heavy (non-hydrogen) atoms. The summed E-state index contributed by atoms with van der Waals surface area (Å²) in [6.45, 7) is -1.45. The Morgan fingerprint density at radius 1 is 0.438 bits per heavy atom. The Morgan fingerprint density at radius 2 is 0.804 bits per heavy atom. The van der Waals surface area contributed by atoms with Gasteiger partial charge in [-0.1, -0.05) is 0 Å². The van der Waals surface area contributed by atoms with Gasteiger partial charge in [-0.25, -0.2) is 52.7 Å². The Labute approximate surface area is 622 Å². The van der Waals surface area contributed by atoms with Crippen LogP contribution < -0.4 is 0 Å². The van der Waals surface area contributed by atoms with Crippen LogP contribution in [0.1, 0.15) is 70.0 Å². The van der Waals surface area contributed by atoms with E-state index < -0.39 is 269 Å². The highest BCUT2D eigenvalue weighted by Gasteiger charge is 2.54. The van der Waals surface area contributed by atoms with Crippen LogP contribution in [0.25, 0.3) is 0 Å². The molecule has 0 spiro atoms. The Kier molecular flexibility index (Phi) is 51.3. The quantitative estimate of drug-likeness (QED) is 0.0204. The van der Waals surface area contributed by atoms with Crippen LogP contribution in [0.5, 0.6) is 0 Å². The Balaban J connectivity index is -0.000000586. The van der Waals surface area contributed by atoms with Crippen molar-refractivity contribution in [2.75, 3.05) is 40.6 Å². The number of hydrogen-bond acceptors (Lipinski definition) is 46. The lowest BCUT2D eigenvalue weighted by molar-refractivity contribution is -0.286. The van der Waals surface area contributed by atoms with Gasteiger partial charge in [0.15, 0.2) is 48.4 Å². The van der Waals surface area contributed by atoms with Gasteiger partial charge in [-0.3, -0.25) is 14.4 Å². The highest BCUT2D eigenvalue weighted by molar-refractivity contribution is 6.33. The number of carboxylic acid groups (broad SMARTS) is 9. The van der Waals surface area contributed by atoms with Gasteiger partial charge in [0, 0.05) is 32.6 Å². The number of aliphatic carboxylic acids is 9. The molecule has 6 unspecified atom stereocenters. The lowest BCUT2D eigenvalue weighted by Crippen LogP contribution is -2.58. The van der Waals surface area contributed by atoms with Crippen LogP contribution >= 0.6 is 0 Å². The van der Waals surface area contributed by atoms with Gasteiger partial charge in [-0.15, -0.1) is 0 Å². The van der Waals surface area contributed by atoms with Crippen molar-refractivity contribution in [3.63, 3.8) is 0 Å². The molecule has 644 valence electrons. The molecule has 3 fully saturated rings. The zero-order valence-electron chi connectivity index (χ0n) is 57.6. The summed E-state index contributed by atoms with van der Waals surface area (Å²) in [6, 6.07) is 5.82. The number of furan rings is 2. The van der Waals surface area contributed by atoms with Crippen LogP contribution in [0.4, 0.5) is 0 Å². The fourth-order valence-electron chi connectivity index (χ4n) is 7.08. The number of methoxy groups -OCH3 is 2. The molecule has 55 nitrogen and oxygen atoms in total. The largest absolute Gasteiger partial charge is 0.479 e. The van der Waals surface area contributed by atoms with Crippen molar-refractivity contribution in [1.82, 2.24) is 0 Å². The second-order valence-electron chi connectivity index (χ2n) is 21.9. The molecule has 3 saturated heterocycles. The summed E-state index contributed by atoms with van der Waals surface area (Å²) in [7, 11) is 2.52. The molecule has 34 N–H and O–H groups in total. The maximum Gasteiger partial charge on any atom is 0.373 e. The first-order chi connectivity index (χ1) is 51.4. The van der Waals surface area contributed by atoms with Crippen LogP contribution in [-0.2, 0) is 83.0 Å². The van der Waals surface area contributed by atoms with Gasteiger partial charge in [-0.05, 0) is 24.3 Å². The molecular formula is C57H86O55. The van der Waals surface area contributed by atoms with Gasteiger partial charge < -0.3 is 206 Å². The van der Waals surface area contributed by atoms with Crippen LogP contribution in [0.3, 0.4) is 0 Å². The Hall–Kier alpha value is -9.38. The van der Waals surface area contributed by atoms with Crippen molar-refractivity contribution >= 4 is 83.0 Å². The van der Waals surface area contributed by atoms with E-state index in [1.165, 1.54) is 45.4 Å². The van der Waals surface area contributed by atoms with E-state index in [1.54, 1.807) is 0 Å². The fraction of sp³-hybridized carbons (Fsp3) is 0.614. The van der Waals surface area contributed by atoms with E-state index in [4.69, 9.17) is 182 Å². The number of Topliss-reactive ketones (excluding diaryl/α,β-unsaturated/α-hetero) is 3. The number of ketones is 3. The smallest absolute Gasteiger partial charge is 0.373 e. The highest BCUT2D eigenvalue weighted by Crippen LogP contribution is 2.30. The summed E-state index contributed by atoms with van der Waals surface area (Å²) in [4.78, 5) is 144. The topological polar surface area (TPSA) is 999 Å². The molecule has 0 radical (unpaired) electrons. The normalized spacial score (nSPS) is 24.3. The fourth-order valence-corrected chi connectivity index (χ4v) is 7.08. The van der Waals surface area contributed by atoms with Gasteiger partial charge in [0.05, 0.1) is 65.1 Å². The van der Waals surface area contributed by atoms with Gasteiger partial charge in [-0.2, -0.15) is 0 Å². The number of ether oxygens (including phenoxy) is 5. The number of aliphatic hydroxyl groups is 25. The van der Waals surface area contributed by atoms with Crippen molar-refractivity contribution in [1.29, 1.82) is 0 Å². The first-order valence-corrected chi connectivity index (χ1v) is 30.2. The summed E-state index contributed by atoms with van der Waals surface area (Å²) < 4.78 is 31.9. The minimum Gasteiger partial charge on any atom is -0.479 e. The molecule has 0 aromatic carbocycles. The average Bonchev–Trinajstić information content (AvgIpc) is 1.59. The first-order valence-electron chi connectivity index (χ1n) is 30.2. The Bertz CT molecular complexity index is 3260. The van der Waals surface area contributed by atoms with E-state index in [0.717, 1.165) is 0 Å². The van der Waals surface area contributed by atoms with E-state index in [-0.39, 0.29) is 29.7 Å². The predicted octanol–water partition coefficient (Wildman–Crippen LogP) is -16.8. The van der Waals surface area contributed by atoms with Gasteiger partial charge in [0.25, 0.3) is 11.6 Å². The molecule has 2 aromatic rings. The van der Waals surface area contributed by atoms with E-state index in [2.05, 4.69) is 23.7 Å². The van der Waals surface area contributed by atoms with E-state index in [9.17, 15) is 67.1 Å². The molecule has 0 aliphatic carbocycles. The van der Waals surface area contributed by atoms with Gasteiger partial charge in [0.1, 0.15) is 79.5 Å². The molecule has 5 heterocycles. The summed E-state index contributed by atoms with van der Waals surface area (Å²) in [5, 5.41) is 294. The van der Waals surface area contributed by atoms with Crippen molar-refractivity contribution in [3.8, 4) is 0 Å². The van der Waals surface area contributed by atoms with Crippen LogP contribution in [0, 0.1) is 0 Å². The third kappa shape index (κ3) is 37.8. The SMILES string of the molecule is COC(=O)c1ccc(C(C)=O)o1.COC(=O)c1ccc(CO)o1.O=C(O)C(=O)C[C@H](O)[C@@H](O)CO.O=C(O)C(=O)C[C@H](O)[C@H](O)C(=O)O.O=C(O)C1(O)C[C@@H](O)C(CO)O1.O=C(O)C1OC(O)(C(=O)O)C[C@H]1O.O=C(O)[C@@H](O)[C@@H](O)[C@H](O)[C@@H](O)C(=O)O.O=C(O)[C@@H](O)[C@@H](O)[C@H](O)[C@@H](O)CO.OCC1OC(O)[C@H](O)[C@@H](O)[C@@H]1O. The molecule has 2 aromatic heterocycles. The van der Waals surface area contributed by atoms with E-state index >= 15 is 0 Å². The van der Waals surface area contributed by atoms with Crippen molar-refractivity contribution in [2.24, 2.45) is 0 Å². The molecular weight excluding hydrogens is 1560 g/mol. The molecule has 3 aliphatic heterocycles. The highest BCUT2D eigenvalue weighted by atomic mass is 16.7. The maximum atomic E-state index is 10.8. The van der Waals surface area contributed by atoms with Gasteiger partial charge >= 0.3 is 65.7 Å². The minimum atomic E-state index is -2.59. The summed E-state index contributed by atoms with van der Waals surface area (Å²) >= 11 is 0. The molecule has 5 rings (SSSR count). The van der Waals surface area contributed by atoms with Crippen molar-refractivity contribution < 1.29 is 273 Å². The van der Waals surface area contributed by atoms with Crippen molar-refractivity contribution in [2.45, 2.75) is 179 Å². The zero-order valence-corrected chi connectivity index (χ0v) is 57.6. The molecule has 55 heteroatoms. The number of carboxylic acids is 9. The number of carbonyl (C=O) groups is 14.